The van der Waals surface area contributed by atoms with Crippen LogP contribution in [0.5, 0.6) is 0 Å². The van der Waals surface area contributed by atoms with Gasteiger partial charge in [0.15, 0.2) is 0 Å². The SMILES string of the molecule is CC(C)(C)OC(=O)N1CCc2c(sc(NC(=O)C(Sc3cccc(NC(=O)c4ccc(Cl)cc4Cl)c3)c3ccccc3)c2C#N)C1. The summed E-state index contributed by atoms with van der Waals surface area (Å²) in [6.07, 6.45) is 0.0753. The molecule has 2 heterocycles. The minimum Gasteiger partial charge on any atom is -0.444 e. The predicted molar refractivity (Wildman–Crippen MR) is 184 cm³/mol. The highest BCUT2D eigenvalue weighted by Crippen LogP contribution is 2.41. The Morgan fingerprint density at radius 1 is 1.02 bits per heavy atom. The Labute approximate surface area is 285 Å². The highest BCUT2D eigenvalue weighted by Gasteiger charge is 2.31. The standard InChI is InChI=1S/C34H30Cl2N4O4S2/c1-34(2,3)44-33(43)40-15-14-24-26(18-37)32(46-28(24)19-40)39-31(42)29(20-8-5-4-6-9-20)45-23-11-7-10-22(17-23)38-30(41)25-13-12-21(35)16-27(25)36/h4-13,16-17,29H,14-15,19H2,1-3H3,(H,38,41)(H,39,42). The van der Waals surface area contributed by atoms with E-state index < -0.39 is 22.9 Å². The van der Waals surface area contributed by atoms with Crippen molar-refractivity contribution in [2.45, 2.75) is 49.5 Å². The summed E-state index contributed by atoms with van der Waals surface area (Å²) in [5.74, 6) is -0.699. The molecule has 1 aliphatic rings. The zero-order chi connectivity index (χ0) is 33.0. The summed E-state index contributed by atoms with van der Waals surface area (Å²) in [6.45, 7) is 6.17. The average molecular weight is 694 g/mol. The number of hydrogen-bond donors (Lipinski definition) is 2. The second-order valence-corrected chi connectivity index (χ2v) is 14.6. The Bertz CT molecular complexity index is 1830. The summed E-state index contributed by atoms with van der Waals surface area (Å²) in [4.78, 5) is 42.7. The molecule has 5 rings (SSSR count). The number of anilines is 2. The fourth-order valence-corrected chi connectivity index (χ4v) is 7.62. The molecule has 0 saturated heterocycles. The molecule has 0 spiro atoms. The van der Waals surface area contributed by atoms with Crippen molar-refractivity contribution in [2.24, 2.45) is 0 Å². The molecule has 8 nitrogen and oxygen atoms in total. The molecule has 0 fully saturated rings. The fourth-order valence-electron chi connectivity index (χ4n) is 4.83. The van der Waals surface area contributed by atoms with Crippen LogP contribution < -0.4 is 10.6 Å². The Balaban J connectivity index is 1.36. The molecule has 1 unspecified atom stereocenters. The number of fused-ring (bicyclic) bond motifs is 1. The van der Waals surface area contributed by atoms with E-state index in [4.69, 9.17) is 27.9 Å². The van der Waals surface area contributed by atoms with Gasteiger partial charge in [0.1, 0.15) is 21.9 Å². The molecular weight excluding hydrogens is 663 g/mol. The molecule has 3 aromatic carbocycles. The Hall–Kier alpha value is -4.01. The van der Waals surface area contributed by atoms with Gasteiger partial charge >= 0.3 is 6.09 Å². The molecule has 2 N–H and O–H groups in total. The number of carbonyl (C=O) groups is 3. The molecule has 0 saturated carbocycles. The molecule has 3 amide bonds. The summed E-state index contributed by atoms with van der Waals surface area (Å²) >= 11 is 14.8. The van der Waals surface area contributed by atoms with Crippen LogP contribution in [-0.4, -0.2) is 35.0 Å². The van der Waals surface area contributed by atoms with E-state index in [0.717, 1.165) is 20.9 Å². The third-order valence-electron chi connectivity index (χ3n) is 6.92. The van der Waals surface area contributed by atoms with Crippen LogP contribution in [0, 0.1) is 11.3 Å². The second-order valence-electron chi connectivity index (χ2n) is 11.5. The van der Waals surface area contributed by atoms with Crippen molar-refractivity contribution in [1.29, 1.82) is 5.26 Å². The van der Waals surface area contributed by atoms with Gasteiger partial charge in [-0.05, 0) is 74.7 Å². The van der Waals surface area contributed by atoms with Gasteiger partial charge in [0.05, 0.1) is 22.7 Å². The molecule has 12 heteroatoms. The zero-order valence-electron chi connectivity index (χ0n) is 25.2. The lowest BCUT2D eigenvalue weighted by Crippen LogP contribution is -2.39. The van der Waals surface area contributed by atoms with Gasteiger partial charge in [-0.3, -0.25) is 9.59 Å². The number of ether oxygens (including phenoxy) is 1. The largest absolute Gasteiger partial charge is 0.444 e. The number of thioether (sulfide) groups is 1. The first-order valence-corrected chi connectivity index (χ1v) is 16.8. The van der Waals surface area contributed by atoms with Crippen molar-refractivity contribution in [3.8, 4) is 6.07 Å². The molecule has 1 atom stereocenters. The normalized spacial score (nSPS) is 13.3. The third kappa shape index (κ3) is 8.03. The quantitative estimate of drug-likeness (QED) is 0.187. The van der Waals surface area contributed by atoms with Crippen LogP contribution in [0.3, 0.4) is 0 Å². The van der Waals surface area contributed by atoms with Gasteiger partial charge in [-0.15, -0.1) is 23.1 Å². The number of hydrogen-bond acceptors (Lipinski definition) is 7. The van der Waals surface area contributed by atoms with Crippen LogP contribution in [0.4, 0.5) is 15.5 Å². The summed E-state index contributed by atoms with van der Waals surface area (Å²) < 4.78 is 5.54. The lowest BCUT2D eigenvalue weighted by Gasteiger charge is -2.29. The number of nitrogens with zero attached hydrogens (tertiary/aromatic N) is 2. The van der Waals surface area contributed by atoms with Crippen molar-refractivity contribution in [3.05, 3.63) is 110 Å². The van der Waals surface area contributed by atoms with E-state index in [1.807, 2.05) is 57.2 Å². The maximum absolute atomic E-state index is 13.9. The molecule has 1 aromatic heterocycles. The number of nitriles is 1. The van der Waals surface area contributed by atoms with E-state index in [1.54, 1.807) is 35.2 Å². The van der Waals surface area contributed by atoms with E-state index in [2.05, 4.69) is 16.7 Å². The number of carbonyl (C=O) groups excluding carboxylic acids is 3. The second kappa shape index (κ2) is 14.2. The van der Waals surface area contributed by atoms with Gasteiger partial charge in [-0.25, -0.2) is 4.79 Å². The topological polar surface area (TPSA) is 112 Å². The summed E-state index contributed by atoms with van der Waals surface area (Å²) in [5, 5.41) is 16.4. The minimum absolute atomic E-state index is 0.237. The smallest absolute Gasteiger partial charge is 0.410 e. The van der Waals surface area contributed by atoms with Gasteiger partial charge < -0.3 is 20.3 Å². The maximum Gasteiger partial charge on any atom is 0.410 e. The highest BCUT2D eigenvalue weighted by atomic mass is 35.5. The van der Waals surface area contributed by atoms with Crippen LogP contribution in [0.25, 0.3) is 0 Å². The molecule has 0 aliphatic carbocycles. The van der Waals surface area contributed by atoms with Crippen LogP contribution in [-0.2, 0) is 22.5 Å². The number of amides is 3. The molecule has 4 aromatic rings. The molecule has 0 bridgehead atoms. The number of thiophene rings is 1. The molecule has 236 valence electrons. The number of nitrogens with one attached hydrogen (secondary N) is 2. The molecule has 46 heavy (non-hydrogen) atoms. The van der Waals surface area contributed by atoms with Gasteiger partial charge in [-0.2, -0.15) is 5.26 Å². The van der Waals surface area contributed by atoms with Gasteiger partial charge in [0.25, 0.3) is 5.91 Å². The van der Waals surface area contributed by atoms with E-state index in [-0.39, 0.29) is 16.5 Å². The molecule has 1 aliphatic heterocycles. The van der Waals surface area contributed by atoms with Crippen LogP contribution in [0.2, 0.25) is 10.0 Å². The van der Waals surface area contributed by atoms with E-state index in [9.17, 15) is 19.6 Å². The first kappa shape index (κ1) is 33.4. The monoisotopic (exact) mass is 692 g/mol. The highest BCUT2D eigenvalue weighted by molar-refractivity contribution is 8.00. The zero-order valence-corrected chi connectivity index (χ0v) is 28.4. The van der Waals surface area contributed by atoms with Crippen LogP contribution in [0.15, 0.2) is 77.7 Å². The van der Waals surface area contributed by atoms with Crippen molar-refractivity contribution < 1.29 is 19.1 Å². The number of rotatable bonds is 7. The van der Waals surface area contributed by atoms with Gasteiger partial charge in [0, 0.05) is 27.0 Å². The minimum atomic E-state index is -0.679. The van der Waals surface area contributed by atoms with Crippen LogP contribution >= 0.6 is 46.3 Å². The van der Waals surface area contributed by atoms with E-state index in [0.29, 0.717) is 40.8 Å². The fraction of sp³-hybridized carbons (Fsp3) is 0.235. The Morgan fingerprint density at radius 2 is 1.78 bits per heavy atom. The Kier molecular flexibility index (Phi) is 10.3. The average Bonchev–Trinajstić information content (AvgIpc) is 3.35. The molecule has 0 radical (unpaired) electrons. The van der Waals surface area contributed by atoms with Gasteiger partial charge in [0.2, 0.25) is 5.91 Å². The Morgan fingerprint density at radius 3 is 2.48 bits per heavy atom. The lowest BCUT2D eigenvalue weighted by atomic mass is 10.0. The van der Waals surface area contributed by atoms with E-state index in [1.165, 1.54) is 29.2 Å². The van der Waals surface area contributed by atoms with Crippen molar-refractivity contribution in [3.63, 3.8) is 0 Å². The van der Waals surface area contributed by atoms with Crippen LogP contribution in [0.1, 0.15) is 57.9 Å². The maximum atomic E-state index is 13.9. The number of benzene rings is 3. The van der Waals surface area contributed by atoms with Crippen molar-refractivity contribution in [2.75, 3.05) is 17.2 Å². The summed E-state index contributed by atoms with van der Waals surface area (Å²) in [5.41, 5.74) is 2.22. The third-order valence-corrected chi connectivity index (χ3v) is 9.85. The number of halogens is 2. The van der Waals surface area contributed by atoms with Crippen molar-refractivity contribution >= 4 is 74.9 Å². The first-order valence-electron chi connectivity index (χ1n) is 14.3. The van der Waals surface area contributed by atoms with Gasteiger partial charge in [-0.1, -0.05) is 59.6 Å². The summed E-state index contributed by atoms with van der Waals surface area (Å²) in [6, 6.07) is 23.4. The molecular formula is C34H30Cl2N4O4S2. The van der Waals surface area contributed by atoms with Crippen molar-refractivity contribution in [1.82, 2.24) is 4.90 Å². The predicted octanol–water partition coefficient (Wildman–Crippen LogP) is 8.94. The lowest BCUT2D eigenvalue weighted by molar-refractivity contribution is -0.115. The first-order chi connectivity index (χ1) is 21.9. The van der Waals surface area contributed by atoms with E-state index >= 15 is 0 Å². The summed E-state index contributed by atoms with van der Waals surface area (Å²) in [7, 11) is 0.